The highest BCUT2D eigenvalue weighted by Crippen LogP contribution is 2.29. The molecule has 0 atom stereocenters. The molecule has 6 heteroatoms. The molecule has 0 saturated carbocycles. The van der Waals surface area contributed by atoms with E-state index in [9.17, 15) is 4.79 Å². The molecule has 1 aliphatic rings. The number of hydrogen-bond acceptors (Lipinski definition) is 5. The quantitative estimate of drug-likeness (QED) is 0.870. The molecule has 0 N–H and O–H groups in total. The van der Waals surface area contributed by atoms with Gasteiger partial charge in [-0.1, -0.05) is 12.1 Å². The summed E-state index contributed by atoms with van der Waals surface area (Å²) in [4.78, 5) is 14.5. The van der Waals surface area contributed by atoms with Crippen molar-refractivity contribution in [2.24, 2.45) is 0 Å². The second-order valence-electron chi connectivity index (χ2n) is 5.43. The van der Waals surface area contributed by atoms with E-state index >= 15 is 0 Å². The first-order valence-corrected chi connectivity index (χ1v) is 7.41. The molecule has 1 aliphatic heterocycles. The molecule has 1 aromatic heterocycles. The molecule has 1 aromatic carbocycles. The molecular weight excluding hydrogens is 282 g/mol. The van der Waals surface area contributed by atoms with Crippen LogP contribution in [0.4, 0.5) is 0 Å². The number of nitrogens with zero attached hydrogens (tertiary/aromatic N) is 3. The molecule has 1 amide bonds. The fraction of sp³-hybridized carbons (Fsp3) is 0.438. The van der Waals surface area contributed by atoms with Crippen LogP contribution in [-0.2, 0) is 0 Å². The van der Waals surface area contributed by atoms with Gasteiger partial charge in [0.2, 0.25) is 11.8 Å². The number of aromatic nitrogens is 2. The van der Waals surface area contributed by atoms with Crippen LogP contribution in [0.2, 0.25) is 0 Å². The number of ether oxygens (including phenoxy) is 1. The average Bonchev–Trinajstić information content (AvgIpc) is 3.01. The molecule has 1 fully saturated rings. The Morgan fingerprint density at radius 1 is 1.27 bits per heavy atom. The lowest BCUT2D eigenvalue weighted by atomic mass is 9.96. The fourth-order valence-corrected chi connectivity index (χ4v) is 2.80. The van der Waals surface area contributed by atoms with Crippen molar-refractivity contribution >= 4 is 5.91 Å². The molecule has 2 heterocycles. The van der Waals surface area contributed by atoms with E-state index in [1.54, 1.807) is 26.2 Å². The van der Waals surface area contributed by atoms with Crippen molar-refractivity contribution in [1.82, 2.24) is 15.1 Å². The number of hydrogen-bond donors (Lipinski definition) is 0. The van der Waals surface area contributed by atoms with Crippen LogP contribution in [0.5, 0.6) is 5.75 Å². The lowest BCUT2D eigenvalue weighted by Crippen LogP contribution is -2.38. The molecule has 3 rings (SSSR count). The van der Waals surface area contributed by atoms with Gasteiger partial charge >= 0.3 is 0 Å². The van der Waals surface area contributed by atoms with Gasteiger partial charge in [-0.2, -0.15) is 0 Å². The number of carbonyl (C=O) groups is 1. The third-order valence-electron chi connectivity index (χ3n) is 4.01. The maximum absolute atomic E-state index is 12.6. The number of carbonyl (C=O) groups excluding carboxylic acids is 1. The van der Waals surface area contributed by atoms with Crippen molar-refractivity contribution in [2.75, 3.05) is 20.2 Å². The van der Waals surface area contributed by atoms with Gasteiger partial charge in [0, 0.05) is 25.9 Å². The minimum absolute atomic E-state index is 0.0117. The van der Waals surface area contributed by atoms with Gasteiger partial charge in [0.25, 0.3) is 5.91 Å². The van der Waals surface area contributed by atoms with Crippen LogP contribution in [0.15, 0.2) is 28.7 Å². The third-order valence-corrected chi connectivity index (χ3v) is 4.01. The van der Waals surface area contributed by atoms with Gasteiger partial charge in [-0.3, -0.25) is 4.79 Å². The summed E-state index contributed by atoms with van der Waals surface area (Å²) in [5.74, 6) is 2.13. The van der Waals surface area contributed by atoms with Crippen molar-refractivity contribution in [3.8, 4) is 5.75 Å². The normalized spacial score (nSPS) is 15.8. The van der Waals surface area contributed by atoms with E-state index in [0.717, 1.165) is 12.8 Å². The molecule has 0 spiro atoms. The van der Waals surface area contributed by atoms with E-state index in [2.05, 4.69) is 10.2 Å². The van der Waals surface area contributed by atoms with Crippen LogP contribution < -0.4 is 4.74 Å². The molecule has 0 bridgehead atoms. The van der Waals surface area contributed by atoms with Gasteiger partial charge in [-0.25, -0.2) is 0 Å². The van der Waals surface area contributed by atoms with Crippen LogP contribution in [0.1, 0.15) is 40.9 Å². The highest BCUT2D eigenvalue weighted by Gasteiger charge is 2.28. The van der Waals surface area contributed by atoms with E-state index in [-0.39, 0.29) is 11.8 Å². The second kappa shape index (κ2) is 6.17. The van der Waals surface area contributed by atoms with Gasteiger partial charge in [-0.15, -0.1) is 10.2 Å². The van der Waals surface area contributed by atoms with E-state index in [0.29, 0.717) is 36.2 Å². The number of benzene rings is 1. The van der Waals surface area contributed by atoms with E-state index in [1.807, 2.05) is 17.0 Å². The van der Waals surface area contributed by atoms with Crippen molar-refractivity contribution in [2.45, 2.75) is 25.7 Å². The standard InChI is InChI=1S/C16H19N3O3/c1-11-17-18-15(22-11)12-7-9-19(10-8-12)16(20)13-5-3-4-6-14(13)21-2/h3-6,12H,7-10H2,1-2H3. The average molecular weight is 301 g/mol. The Kier molecular flexibility index (Phi) is 4.09. The molecule has 2 aromatic rings. The summed E-state index contributed by atoms with van der Waals surface area (Å²) in [5.41, 5.74) is 0.608. The number of amides is 1. The SMILES string of the molecule is COc1ccccc1C(=O)N1CCC(c2nnc(C)o2)CC1. The molecule has 22 heavy (non-hydrogen) atoms. The summed E-state index contributed by atoms with van der Waals surface area (Å²) < 4.78 is 10.8. The van der Waals surface area contributed by atoms with Crippen LogP contribution in [0, 0.1) is 6.92 Å². The van der Waals surface area contributed by atoms with Crippen molar-refractivity contribution in [3.05, 3.63) is 41.6 Å². The topological polar surface area (TPSA) is 68.5 Å². The smallest absolute Gasteiger partial charge is 0.257 e. The maximum atomic E-state index is 12.6. The number of para-hydroxylation sites is 1. The Balaban J connectivity index is 1.67. The monoisotopic (exact) mass is 301 g/mol. The summed E-state index contributed by atoms with van der Waals surface area (Å²) in [7, 11) is 1.58. The summed E-state index contributed by atoms with van der Waals surface area (Å²) in [6.07, 6.45) is 1.67. The van der Waals surface area contributed by atoms with E-state index in [1.165, 1.54) is 0 Å². The molecule has 6 nitrogen and oxygen atoms in total. The maximum Gasteiger partial charge on any atom is 0.257 e. The first-order valence-electron chi connectivity index (χ1n) is 7.41. The number of likely N-dealkylation sites (tertiary alicyclic amines) is 1. The molecule has 1 saturated heterocycles. The van der Waals surface area contributed by atoms with Crippen molar-refractivity contribution < 1.29 is 13.9 Å². The lowest BCUT2D eigenvalue weighted by Gasteiger charge is -2.30. The van der Waals surface area contributed by atoms with E-state index < -0.39 is 0 Å². The molecule has 116 valence electrons. The minimum atomic E-state index is 0.0117. The predicted octanol–water partition coefficient (Wildman–Crippen LogP) is 2.41. The van der Waals surface area contributed by atoms with Gasteiger partial charge < -0.3 is 14.1 Å². The predicted molar refractivity (Wildman–Crippen MR) is 79.9 cm³/mol. The minimum Gasteiger partial charge on any atom is -0.496 e. The zero-order valence-corrected chi connectivity index (χ0v) is 12.8. The van der Waals surface area contributed by atoms with Gasteiger partial charge in [0.05, 0.1) is 12.7 Å². The number of rotatable bonds is 3. The van der Waals surface area contributed by atoms with Crippen LogP contribution >= 0.6 is 0 Å². The highest BCUT2D eigenvalue weighted by atomic mass is 16.5. The summed E-state index contributed by atoms with van der Waals surface area (Å²) in [5, 5.41) is 7.96. The van der Waals surface area contributed by atoms with Crippen molar-refractivity contribution in [1.29, 1.82) is 0 Å². The second-order valence-corrected chi connectivity index (χ2v) is 5.43. The van der Waals surface area contributed by atoms with Crippen LogP contribution in [-0.4, -0.2) is 41.2 Å². The van der Waals surface area contributed by atoms with Crippen molar-refractivity contribution in [3.63, 3.8) is 0 Å². The molecule has 0 aliphatic carbocycles. The zero-order chi connectivity index (χ0) is 15.5. The molecule has 0 unspecified atom stereocenters. The highest BCUT2D eigenvalue weighted by molar-refractivity contribution is 5.97. The Hall–Kier alpha value is -2.37. The largest absolute Gasteiger partial charge is 0.496 e. The fourth-order valence-electron chi connectivity index (χ4n) is 2.80. The Morgan fingerprint density at radius 2 is 2.00 bits per heavy atom. The Morgan fingerprint density at radius 3 is 2.64 bits per heavy atom. The van der Waals surface area contributed by atoms with Crippen LogP contribution in [0.3, 0.4) is 0 Å². The van der Waals surface area contributed by atoms with Gasteiger partial charge in [0.15, 0.2) is 0 Å². The third kappa shape index (κ3) is 2.81. The summed E-state index contributed by atoms with van der Waals surface area (Å²) >= 11 is 0. The molecule has 0 radical (unpaired) electrons. The Labute approximate surface area is 129 Å². The Bertz CT molecular complexity index is 660. The first kappa shape index (κ1) is 14.6. The van der Waals surface area contributed by atoms with Gasteiger partial charge in [0.1, 0.15) is 5.75 Å². The van der Waals surface area contributed by atoms with E-state index in [4.69, 9.17) is 9.15 Å². The zero-order valence-electron chi connectivity index (χ0n) is 12.8. The number of piperidine rings is 1. The van der Waals surface area contributed by atoms with Gasteiger partial charge in [-0.05, 0) is 25.0 Å². The number of aryl methyl sites for hydroxylation is 1. The summed E-state index contributed by atoms with van der Waals surface area (Å²) in [6.45, 7) is 3.16. The summed E-state index contributed by atoms with van der Waals surface area (Å²) in [6, 6.07) is 7.32. The molecular formula is C16H19N3O3. The first-order chi connectivity index (χ1) is 10.7. The van der Waals surface area contributed by atoms with Crippen LogP contribution in [0.25, 0.3) is 0 Å². The lowest BCUT2D eigenvalue weighted by molar-refractivity contribution is 0.0702. The number of methoxy groups -OCH3 is 1.